The molecule has 2 heteroatoms. The Bertz CT molecular complexity index is 218. The van der Waals surface area contributed by atoms with E-state index in [9.17, 15) is 5.21 Å². The van der Waals surface area contributed by atoms with Crippen LogP contribution in [0.25, 0.3) is 0 Å². The highest BCUT2D eigenvalue weighted by molar-refractivity contribution is 5.42. The predicted molar refractivity (Wildman–Crippen MR) is 48.1 cm³/mol. The quantitative estimate of drug-likeness (QED) is 0.469. The maximum Gasteiger partial charge on any atom is 0.132 e. The van der Waals surface area contributed by atoms with Crippen LogP contribution in [0.3, 0.4) is 0 Å². The number of hydroxylamine groups is 2. The number of rotatable bonds is 2. The molecule has 0 aliphatic heterocycles. The molecule has 0 N–H and O–H groups in total. The number of nitrogens with zero attached hydrogens (tertiary/aromatic N) is 1. The molecule has 0 aliphatic carbocycles. The monoisotopic (exact) mass is 151 g/mol. The summed E-state index contributed by atoms with van der Waals surface area (Å²) in [5.74, 6) is 0. The summed E-state index contributed by atoms with van der Waals surface area (Å²) in [4.78, 5) is 0. The Morgan fingerprint density at radius 2 is 1.82 bits per heavy atom. The third-order valence-electron chi connectivity index (χ3n) is 1.91. The van der Waals surface area contributed by atoms with Crippen molar-refractivity contribution in [3.8, 4) is 0 Å². The Labute approximate surface area is 67.2 Å². The van der Waals surface area contributed by atoms with Crippen molar-refractivity contribution in [2.45, 2.75) is 6.92 Å². The van der Waals surface area contributed by atoms with Crippen molar-refractivity contribution in [3.63, 3.8) is 0 Å². The van der Waals surface area contributed by atoms with Crippen LogP contribution in [-0.4, -0.2) is 13.6 Å². The van der Waals surface area contributed by atoms with Crippen LogP contribution in [-0.2, 0) is 0 Å². The molecule has 0 amide bonds. The van der Waals surface area contributed by atoms with Crippen molar-refractivity contribution in [2.75, 3.05) is 13.6 Å². The van der Waals surface area contributed by atoms with Gasteiger partial charge in [0.05, 0.1) is 13.6 Å². The summed E-state index contributed by atoms with van der Waals surface area (Å²) in [6.45, 7) is 2.46. The van der Waals surface area contributed by atoms with E-state index >= 15 is 0 Å². The van der Waals surface area contributed by atoms with Gasteiger partial charge in [-0.15, -0.1) is 0 Å². The molecule has 0 aliphatic rings. The van der Waals surface area contributed by atoms with E-state index in [1.165, 1.54) is 0 Å². The van der Waals surface area contributed by atoms with Gasteiger partial charge in [-0.3, -0.25) is 0 Å². The van der Waals surface area contributed by atoms with Crippen LogP contribution in [0, 0.1) is 5.21 Å². The molecule has 0 aromatic heterocycles. The Morgan fingerprint density at radius 3 is 2.27 bits per heavy atom. The highest BCUT2D eigenvalue weighted by Gasteiger charge is 2.08. The molecule has 0 heterocycles. The summed E-state index contributed by atoms with van der Waals surface area (Å²) in [5.41, 5.74) is 0.815. The standard InChI is InChI=1S/C9H13NO/c1-3-10(2,11)9-7-5-4-6-8-9/h4-8H,3H2,1-2H3/t10-/m1/s1. The average Bonchev–Trinajstić information content (AvgIpc) is 2.06. The van der Waals surface area contributed by atoms with Crippen molar-refractivity contribution in [2.24, 2.45) is 0 Å². The number of para-hydroxylation sites is 1. The van der Waals surface area contributed by atoms with E-state index in [-0.39, 0.29) is 4.65 Å². The maximum absolute atomic E-state index is 11.6. The molecule has 0 saturated heterocycles. The van der Waals surface area contributed by atoms with Crippen LogP contribution in [0.1, 0.15) is 6.92 Å². The van der Waals surface area contributed by atoms with Crippen molar-refractivity contribution in [3.05, 3.63) is 35.5 Å². The summed E-state index contributed by atoms with van der Waals surface area (Å²) < 4.78 is -0.291. The molecule has 0 bridgehead atoms. The number of quaternary nitrogens is 1. The number of benzene rings is 1. The number of hydrogen-bond donors (Lipinski definition) is 0. The van der Waals surface area contributed by atoms with Crippen molar-refractivity contribution in [1.82, 2.24) is 4.65 Å². The van der Waals surface area contributed by atoms with Gasteiger partial charge in [-0.05, 0) is 19.1 Å². The fourth-order valence-corrected chi connectivity index (χ4v) is 0.926. The molecule has 0 saturated carbocycles. The van der Waals surface area contributed by atoms with Crippen molar-refractivity contribution >= 4 is 5.69 Å². The van der Waals surface area contributed by atoms with E-state index in [0.29, 0.717) is 6.54 Å². The van der Waals surface area contributed by atoms with E-state index in [0.717, 1.165) is 5.69 Å². The summed E-state index contributed by atoms with van der Waals surface area (Å²) in [7, 11) is 1.66. The van der Waals surface area contributed by atoms with Gasteiger partial charge in [0.25, 0.3) is 0 Å². The Hall–Kier alpha value is -0.860. The van der Waals surface area contributed by atoms with Gasteiger partial charge in [-0.2, -0.15) is 0 Å². The first-order valence-corrected chi connectivity index (χ1v) is 3.79. The fourth-order valence-electron chi connectivity index (χ4n) is 0.926. The summed E-state index contributed by atoms with van der Waals surface area (Å²) in [6, 6.07) is 9.41. The zero-order valence-electron chi connectivity index (χ0n) is 6.95. The fraction of sp³-hybridized carbons (Fsp3) is 0.333. The third kappa shape index (κ3) is 1.79. The van der Waals surface area contributed by atoms with Crippen LogP contribution in [0.5, 0.6) is 0 Å². The minimum Gasteiger partial charge on any atom is -0.628 e. The van der Waals surface area contributed by atoms with Crippen LogP contribution in [0.15, 0.2) is 30.3 Å². The zero-order valence-corrected chi connectivity index (χ0v) is 6.95. The van der Waals surface area contributed by atoms with Gasteiger partial charge in [0.1, 0.15) is 5.69 Å². The van der Waals surface area contributed by atoms with E-state index in [1.807, 2.05) is 37.3 Å². The molecule has 1 aromatic rings. The minimum atomic E-state index is -0.291. The van der Waals surface area contributed by atoms with E-state index in [2.05, 4.69) is 0 Å². The van der Waals surface area contributed by atoms with Gasteiger partial charge in [0.2, 0.25) is 0 Å². The molecule has 0 fully saturated rings. The lowest BCUT2D eigenvalue weighted by Crippen LogP contribution is -2.37. The van der Waals surface area contributed by atoms with Crippen LogP contribution >= 0.6 is 0 Å². The highest BCUT2D eigenvalue weighted by atomic mass is 16.5. The van der Waals surface area contributed by atoms with E-state index < -0.39 is 0 Å². The molecule has 0 radical (unpaired) electrons. The first-order chi connectivity index (χ1) is 5.17. The van der Waals surface area contributed by atoms with Gasteiger partial charge in [0, 0.05) is 0 Å². The normalized spacial score (nSPS) is 15.9. The zero-order chi connectivity index (χ0) is 8.32. The largest absolute Gasteiger partial charge is 0.628 e. The van der Waals surface area contributed by atoms with Gasteiger partial charge in [-0.1, -0.05) is 18.2 Å². The molecular weight excluding hydrogens is 138 g/mol. The lowest BCUT2D eigenvalue weighted by molar-refractivity contribution is 0.470. The van der Waals surface area contributed by atoms with Crippen LogP contribution < -0.4 is 4.65 Å². The second-order valence-electron chi connectivity index (χ2n) is 2.75. The molecule has 1 rings (SSSR count). The molecule has 1 atom stereocenters. The topological polar surface area (TPSA) is 23.1 Å². The number of hydrogen-bond acceptors (Lipinski definition) is 1. The molecule has 0 spiro atoms. The SMILES string of the molecule is CC[N@@+](C)([O-])c1ccccc1. The highest BCUT2D eigenvalue weighted by Crippen LogP contribution is 2.17. The van der Waals surface area contributed by atoms with Crippen molar-refractivity contribution in [1.29, 1.82) is 0 Å². The molecule has 2 nitrogen and oxygen atoms in total. The van der Waals surface area contributed by atoms with E-state index in [4.69, 9.17) is 0 Å². The smallest absolute Gasteiger partial charge is 0.132 e. The second kappa shape index (κ2) is 3.03. The summed E-state index contributed by atoms with van der Waals surface area (Å²) in [5, 5.41) is 11.6. The second-order valence-corrected chi connectivity index (χ2v) is 2.75. The molecule has 1 aromatic carbocycles. The van der Waals surface area contributed by atoms with Gasteiger partial charge in [-0.25, -0.2) is 0 Å². The first-order valence-electron chi connectivity index (χ1n) is 3.79. The first kappa shape index (κ1) is 8.24. The average molecular weight is 151 g/mol. The Kier molecular flexibility index (Phi) is 2.27. The molecule has 60 valence electrons. The molecule has 11 heavy (non-hydrogen) atoms. The lowest BCUT2D eigenvalue weighted by Gasteiger charge is -2.36. The van der Waals surface area contributed by atoms with E-state index in [1.54, 1.807) is 7.05 Å². The van der Waals surface area contributed by atoms with Crippen LogP contribution in [0.2, 0.25) is 0 Å². The molecular formula is C9H13NO. The lowest BCUT2D eigenvalue weighted by atomic mass is 10.3. The van der Waals surface area contributed by atoms with Gasteiger partial charge >= 0.3 is 0 Å². The molecule has 0 unspecified atom stereocenters. The third-order valence-corrected chi connectivity index (χ3v) is 1.91. The summed E-state index contributed by atoms with van der Waals surface area (Å²) in [6.07, 6.45) is 0. The summed E-state index contributed by atoms with van der Waals surface area (Å²) >= 11 is 0. The maximum atomic E-state index is 11.6. The Balaban J connectivity index is 2.93. The van der Waals surface area contributed by atoms with Gasteiger partial charge in [0.15, 0.2) is 0 Å². The van der Waals surface area contributed by atoms with Crippen molar-refractivity contribution < 1.29 is 0 Å². The van der Waals surface area contributed by atoms with Gasteiger partial charge < -0.3 is 9.85 Å². The predicted octanol–water partition coefficient (Wildman–Crippen LogP) is 2.14. The van der Waals surface area contributed by atoms with Crippen LogP contribution in [0.4, 0.5) is 5.69 Å². The minimum absolute atomic E-state index is 0.291. The Morgan fingerprint density at radius 1 is 1.27 bits per heavy atom.